The topological polar surface area (TPSA) is 47.5 Å². The fourth-order valence-electron chi connectivity index (χ4n) is 2.44. The molecule has 0 aliphatic heterocycles. The molecule has 0 N–H and O–H groups in total. The monoisotopic (exact) mass is 346 g/mol. The Kier molecular flexibility index (Phi) is 4.08. The lowest BCUT2D eigenvalue weighted by Gasteiger charge is -2.01. The van der Waals surface area contributed by atoms with Crippen LogP contribution in [0.3, 0.4) is 0 Å². The Bertz CT molecular complexity index is 1070. The van der Waals surface area contributed by atoms with Gasteiger partial charge in [-0.15, -0.1) is 6.42 Å². The number of furan rings is 1. The number of carbonyl (C=O) groups is 1. The maximum atomic E-state index is 14.1. The fourth-order valence-corrected chi connectivity index (χ4v) is 3.51. The van der Waals surface area contributed by atoms with E-state index in [0.717, 1.165) is 17.4 Å². The van der Waals surface area contributed by atoms with E-state index < -0.39 is 17.5 Å². The van der Waals surface area contributed by atoms with E-state index in [-0.39, 0.29) is 16.9 Å². The van der Waals surface area contributed by atoms with Crippen LogP contribution in [0.15, 0.2) is 27.6 Å². The maximum absolute atomic E-state index is 14.1. The molecule has 1 aromatic carbocycles. The first kappa shape index (κ1) is 16.1. The molecule has 24 heavy (non-hydrogen) atoms. The number of amides is 1. The number of fused-ring (bicyclic) bond motifs is 1. The van der Waals surface area contributed by atoms with Crippen LogP contribution in [0, 0.1) is 37.8 Å². The minimum Gasteiger partial charge on any atom is -0.466 e. The van der Waals surface area contributed by atoms with Crippen LogP contribution in [0.4, 0.5) is 8.78 Å². The number of nitrogens with zero attached hydrogens (tertiary/aromatic N) is 2. The lowest BCUT2D eigenvalue weighted by Crippen LogP contribution is -2.17. The van der Waals surface area contributed by atoms with Gasteiger partial charge in [0.25, 0.3) is 5.91 Å². The van der Waals surface area contributed by atoms with E-state index in [4.69, 9.17) is 10.8 Å². The van der Waals surface area contributed by atoms with Crippen molar-refractivity contribution in [1.29, 1.82) is 0 Å². The number of rotatable bonds is 2. The third kappa shape index (κ3) is 2.76. The van der Waals surface area contributed by atoms with Crippen molar-refractivity contribution in [2.75, 3.05) is 0 Å². The van der Waals surface area contributed by atoms with E-state index in [9.17, 15) is 13.6 Å². The van der Waals surface area contributed by atoms with Crippen LogP contribution in [0.2, 0.25) is 0 Å². The van der Waals surface area contributed by atoms with Crippen LogP contribution in [0.25, 0.3) is 10.2 Å². The van der Waals surface area contributed by atoms with E-state index >= 15 is 0 Å². The third-order valence-electron chi connectivity index (χ3n) is 3.41. The predicted molar refractivity (Wildman–Crippen MR) is 86.6 cm³/mol. The highest BCUT2D eigenvalue weighted by Gasteiger charge is 2.16. The normalized spacial score (nSPS) is 11.9. The number of hydrogen-bond donors (Lipinski definition) is 0. The zero-order valence-electron chi connectivity index (χ0n) is 12.9. The molecular formula is C17H12F2N2O2S. The van der Waals surface area contributed by atoms with Gasteiger partial charge in [-0.3, -0.25) is 4.79 Å². The highest BCUT2D eigenvalue weighted by Crippen LogP contribution is 2.22. The van der Waals surface area contributed by atoms with Crippen LogP contribution in [0.1, 0.15) is 21.9 Å². The van der Waals surface area contributed by atoms with Crippen molar-refractivity contribution in [3.63, 3.8) is 0 Å². The first-order chi connectivity index (χ1) is 11.4. The van der Waals surface area contributed by atoms with Crippen LogP contribution in [-0.4, -0.2) is 10.5 Å². The highest BCUT2D eigenvalue weighted by atomic mass is 32.1. The van der Waals surface area contributed by atoms with Crippen molar-refractivity contribution in [3.8, 4) is 12.3 Å². The minimum absolute atomic E-state index is 0.0120. The van der Waals surface area contributed by atoms with Crippen molar-refractivity contribution in [3.05, 3.63) is 51.7 Å². The molecule has 0 atom stereocenters. The molecule has 0 radical (unpaired) electrons. The van der Waals surface area contributed by atoms with Crippen molar-refractivity contribution in [1.82, 2.24) is 4.57 Å². The average molecular weight is 346 g/mol. The van der Waals surface area contributed by atoms with Gasteiger partial charge in [0.15, 0.2) is 10.6 Å². The Balaban J connectivity index is 2.23. The van der Waals surface area contributed by atoms with Crippen LogP contribution in [0.5, 0.6) is 0 Å². The van der Waals surface area contributed by atoms with Gasteiger partial charge < -0.3 is 8.98 Å². The SMILES string of the molecule is C#CCn1c(=NC(=O)c2cc(C)oc2C)sc2cc(F)cc(F)c21. The summed E-state index contributed by atoms with van der Waals surface area (Å²) >= 11 is 0.997. The molecule has 122 valence electrons. The van der Waals surface area contributed by atoms with Crippen molar-refractivity contribution < 1.29 is 18.0 Å². The first-order valence-corrected chi connectivity index (χ1v) is 7.80. The number of benzene rings is 1. The molecule has 0 bridgehead atoms. The smallest absolute Gasteiger partial charge is 0.283 e. The molecule has 0 aliphatic carbocycles. The quantitative estimate of drug-likeness (QED) is 0.666. The molecule has 0 spiro atoms. The molecule has 3 aromatic rings. The Morgan fingerprint density at radius 2 is 2.12 bits per heavy atom. The van der Waals surface area contributed by atoms with E-state index in [1.165, 1.54) is 10.6 Å². The highest BCUT2D eigenvalue weighted by molar-refractivity contribution is 7.16. The second-order valence-corrected chi connectivity index (χ2v) is 6.16. The first-order valence-electron chi connectivity index (χ1n) is 6.98. The van der Waals surface area contributed by atoms with Gasteiger partial charge in [-0.25, -0.2) is 8.78 Å². The second-order valence-electron chi connectivity index (χ2n) is 5.15. The summed E-state index contributed by atoms with van der Waals surface area (Å²) in [6, 6.07) is 3.55. The number of thiazole rings is 1. The van der Waals surface area contributed by atoms with Gasteiger partial charge in [0.1, 0.15) is 17.3 Å². The molecule has 4 nitrogen and oxygen atoms in total. The molecule has 3 rings (SSSR count). The minimum atomic E-state index is -0.749. The molecule has 0 fully saturated rings. The summed E-state index contributed by atoms with van der Waals surface area (Å²) in [5, 5.41) is 0. The number of hydrogen-bond acceptors (Lipinski definition) is 3. The number of aryl methyl sites for hydroxylation is 2. The van der Waals surface area contributed by atoms with Gasteiger partial charge in [-0.05, 0) is 26.0 Å². The summed E-state index contributed by atoms with van der Waals surface area (Å²) < 4.78 is 34.6. The van der Waals surface area contributed by atoms with E-state index in [0.29, 0.717) is 21.8 Å². The molecule has 0 aliphatic rings. The average Bonchev–Trinajstić information content (AvgIpc) is 2.99. The molecular weight excluding hydrogens is 334 g/mol. The summed E-state index contributed by atoms with van der Waals surface area (Å²) in [6.45, 7) is 3.39. The molecule has 2 aromatic heterocycles. The lowest BCUT2D eigenvalue weighted by molar-refractivity contribution is 0.0996. The molecule has 7 heteroatoms. The number of terminal acetylenes is 1. The second kappa shape index (κ2) is 6.06. The van der Waals surface area contributed by atoms with Crippen LogP contribution < -0.4 is 4.80 Å². The molecule has 2 heterocycles. The Morgan fingerprint density at radius 1 is 1.38 bits per heavy atom. The standard InChI is InChI=1S/C17H12F2N2O2S/c1-4-5-21-15-13(19)7-11(18)8-14(15)24-17(21)20-16(22)12-6-9(2)23-10(12)3/h1,6-8H,5H2,2-3H3. The van der Waals surface area contributed by atoms with Crippen LogP contribution in [-0.2, 0) is 6.54 Å². The zero-order valence-corrected chi connectivity index (χ0v) is 13.7. The maximum Gasteiger partial charge on any atom is 0.283 e. The van der Waals surface area contributed by atoms with Crippen molar-refractivity contribution in [2.45, 2.75) is 20.4 Å². The van der Waals surface area contributed by atoms with Gasteiger partial charge in [-0.1, -0.05) is 17.3 Å². The predicted octanol–water partition coefficient (Wildman–Crippen LogP) is 3.57. The number of halogens is 2. The van der Waals surface area contributed by atoms with E-state index in [2.05, 4.69) is 10.9 Å². The molecule has 0 unspecified atom stereocenters. The summed E-state index contributed by atoms with van der Waals surface area (Å²) in [7, 11) is 0. The van der Waals surface area contributed by atoms with Gasteiger partial charge in [0, 0.05) is 6.07 Å². The third-order valence-corrected chi connectivity index (χ3v) is 4.44. The molecule has 0 saturated heterocycles. The Morgan fingerprint density at radius 3 is 2.75 bits per heavy atom. The molecule has 1 amide bonds. The summed E-state index contributed by atoms with van der Waals surface area (Å²) in [6.07, 6.45) is 5.32. The number of carbonyl (C=O) groups excluding carboxylic acids is 1. The van der Waals surface area contributed by atoms with E-state index in [1.807, 2.05) is 0 Å². The Hall–Kier alpha value is -2.72. The van der Waals surface area contributed by atoms with Gasteiger partial charge in [-0.2, -0.15) is 4.99 Å². The van der Waals surface area contributed by atoms with Gasteiger partial charge in [0.2, 0.25) is 0 Å². The summed E-state index contributed by atoms with van der Waals surface area (Å²) in [4.78, 5) is 16.6. The molecule has 0 saturated carbocycles. The van der Waals surface area contributed by atoms with E-state index in [1.54, 1.807) is 19.9 Å². The van der Waals surface area contributed by atoms with Gasteiger partial charge >= 0.3 is 0 Å². The van der Waals surface area contributed by atoms with Crippen LogP contribution >= 0.6 is 11.3 Å². The van der Waals surface area contributed by atoms with Gasteiger partial charge in [0.05, 0.1) is 22.3 Å². The lowest BCUT2D eigenvalue weighted by atomic mass is 10.2. The summed E-state index contributed by atoms with van der Waals surface area (Å²) in [5.74, 6) is 1.45. The summed E-state index contributed by atoms with van der Waals surface area (Å²) in [5.41, 5.74) is 0.454. The Labute approximate surface area is 140 Å². The largest absolute Gasteiger partial charge is 0.466 e. The van der Waals surface area contributed by atoms with Crippen molar-refractivity contribution >= 4 is 27.5 Å². The zero-order chi connectivity index (χ0) is 17.4. The number of aromatic nitrogens is 1. The fraction of sp³-hybridized carbons (Fsp3) is 0.176. The van der Waals surface area contributed by atoms with Crippen molar-refractivity contribution in [2.24, 2.45) is 4.99 Å².